The molecule has 1 unspecified atom stereocenters. The van der Waals surface area contributed by atoms with Crippen molar-refractivity contribution in [3.8, 4) is 18.5 Å². The van der Waals surface area contributed by atoms with Gasteiger partial charge >= 0.3 is 0 Å². The van der Waals surface area contributed by atoms with Gasteiger partial charge in [0.1, 0.15) is 18.2 Å². The van der Waals surface area contributed by atoms with Crippen molar-refractivity contribution in [2.24, 2.45) is 4.99 Å². The summed E-state index contributed by atoms with van der Waals surface area (Å²) in [6, 6.07) is 5.25. The zero-order valence-corrected chi connectivity index (χ0v) is 9.51. The highest BCUT2D eigenvalue weighted by atomic mass is 15.1. The van der Waals surface area contributed by atoms with Crippen LogP contribution in [0.25, 0.3) is 0 Å². The fraction of sp³-hybridized carbons (Fsp3) is 0.250. The van der Waals surface area contributed by atoms with Crippen molar-refractivity contribution in [2.45, 2.75) is 13.0 Å². The standard InChI is InChI=1S/C12H13N5/c1-3-7-15-12(10(2)16-9-13)17-11-6-4-5-8-14-11/h1,4-6,8,10,16H,7H2,2H3,(H,14,15,17). The highest BCUT2D eigenvalue weighted by Crippen LogP contribution is 2.02. The average Bonchev–Trinajstić information content (AvgIpc) is 2.36. The second kappa shape index (κ2) is 6.86. The molecule has 1 heterocycles. The summed E-state index contributed by atoms with van der Waals surface area (Å²) in [5.41, 5.74) is 0. The number of nitrogens with one attached hydrogen (secondary N) is 2. The van der Waals surface area contributed by atoms with Crippen LogP contribution in [0.4, 0.5) is 5.82 Å². The van der Waals surface area contributed by atoms with Crippen LogP contribution in [0.5, 0.6) is 0 Å². The van der Waals surface area contributed by atoms with Gasteiger partial charge in [0, 0.05) is 6.20 Å². The number of aromatic nitrogens is 1. The number of aliphatic imine (C=N–C) groups is 1. The van der Waals surface area contributed by atoms with Crippen LogP contribution in [0.15, 0.2) is 29.4 Å². The molecule has 0 aliphatic heterocycles. The Hall–Kier alpha value is -2.53. The molecule has 0 aliphatic rings. The molecular formula is C12H13N5. The Bertz CT molecular complexity index is 452. The van der Waals surface area contributed by atoms with Crippen LogP contribution in [-0.4, -0.2) is 23.4 Å². The van der Waals surface area contributed by atoms with Crippen molar-refractivity contribution < 1.29 is 0 Å². The zero-order valence-electron chi connectivity index (χ0n) is 9.51. The summed E-state index contributed by atoms with van der Waals surface area (Å²) in [6.07, 6.45) is 8.70. The number of rotatable bonds is 4. The number of amidine groups is 1. The van der Waals surface area contributed by atoms with Crippen LogP contribution in [0.3, 0.4) is 0 Å². The molecule has 1 aromatic heterocycles. The van der Waals surface area contributed by atoms with E-state index in [1.165, 1.54) is 0 Å². The first kappa shape index (κ1) is 12.5. The van der Waals surface area contributed by atoms with Crippen LogP contribution in [0.2, 0.25) is 0 Å². The van der Waals surface area contributed by atoms with E-state index in [1.807, 2.05) is 31.3 Å². The fourth-order valence-corrected chi connectivity index (χ4v) is 1.15. The van der Waals surface area contributed by atoms with E-state index in [2.05, 4.69) is 26.5 Å². The van der Waals surface area contributed by atoms with Gasteiger partial charge < -0.3 is 10.6 Å². The number of hydrogen-bond acceptors (Lipinski definition) is 4. The van der Waals surface area contributed by atoms with Crippen LogP contribution in [-0.2, 0) is 0 Å². The molecule has 0 spiro atoms. The Morgan fingerprint density at radius 3 is 3.06 bits per heavy atom. The Balaban J connectivity index is 2.79. The van der Waals surface area contributed by atoms with Gasteiger partial charge in [-0.15, -0.1) is 6.42 Å². The van der Waals surface area contributed by atoms with Crippen molar-refractivity contribution in [1.82, 2.24) is 10.3 Å². The van der Waals surface area contributed by atoms with Gasteiger partial charge in [0.15, 0.2) is 6.19 Å². The number of hydrogen-bond donors (Lipinski definition) is 2. The maximum Gasteiger partial charge on any atom is 0.177 e. The first-order chi connectivity index (χ1) is 8.27. The molecule has 17 heavy (non-hydrogen) atoms. The third kappa shape index (κ3) is 4.23. The van der Waals surface area contributed by atoms with E-state index in [0.29, 0.717) is 11.7 Å². The van der Waals surface area contributed by atoms with Crippen molar-refractivity contribution >= 4 is 11.7 Å². The number of terminal acetylenes is 1. The Kier molecular flexibility index (Phi) is 5.06. The summed E-state index contributed by atoms with van der Waals surface area (Å²) < 4.78 is 0. The molecule has 2 N–H and O–H groups in total. The van der Waals surface area contributed by atoms with Crippen molar-refractivity contribution in [3.05, 3.63) is 24.4 Å². The van der Waals surface area contributed by atoms with Gasteiger partial charge in [-0.1, -0.05) is 12.0 Å². The van der Waals surface area contributed by atoms with Crippen LogP contribution < -0.4 is 10.6 Å². The second-order valence-corrected chi connectivity index (χ2v) is 3.22. The van der Waals surface area contributed by atoms with Gasteiger partial charge in [-0.3, -0.25) is 4.99 Å². The highest BCUT2D eigenvalue weighted by molar-refractivity contribution is 5.98. The SMILES string of the molecule is C#CC/N=C(\Nc1ccccn1)C(C)NC#N. The lowest BCUT2D eigenvalue weighted by Gasteiger charge is -2.14. The minimum atomic E-state index is -0.240. The Labute approximate surface area is 101 Å². The molecular weight excluding hydrogens is 214 g/mol. The maximum atomic E-state index is 8.58. The summed E-state index contributed by atoms with van der Waals surface area (Å²) in [7, 11) is 0. The van der Waals surface area contributed by atoms with Gasteiger partial charge in [0.2, 0.25) is 0 Å². The predicted octanol–water partition coefficient (Wildman–Crippen LogP) is 0.984. The number of nitriles is 1. The largest absolute Gasteiger partial charge is 0.327 e. The van der Waals surface area contributed by atoms with E-state index in [1.54, 1.807) is 6.20 Å². The molecule has 0 aliphatic carbocycles. The number of nitrogens with zero attached hydrogens (tertiary/aromatic N) is 3. The van der Waals surface area contributed by atoms with E-state index >= 15 is 0 Å². The lowest BCUT2D eigenvalue weighted by Crippen LogP contribution is -2.36. The summed E-state index contributed by atoms with van der Waals surface area (Å²) >= 11 is 0. The first-order valence-electron chi connectivity index (χ1n) is 5.08. The van der Waals surface area contributed by atoms with E-state index < -0.39 is 0 Å². The lowest BCUT2D eigenvalue weighted by atomic mass is 10.3. The zero-order chi connectivity index (χ0) is 12.5. The van der Waals surface area contributed by atoms with Gasteiger partial charge in [-0.2, -0.15) is 5.26 Å². The minimum absolute atomic E-state index is 0.240. The molecule has 1 rings (SSSR count). The van der Waals surface area contributed by atoms with Gasteiger partial charge in [0.05, 0.1) is 6.04 Å². The monoisotopic (exact) mass is 227 g/mol. The smallest absolute Gasteiger partial charge is 0.177 e. The van der Waals surface area contributed by atoms with Crippen molar-refractivity contribution in [2.75, 3.05) is 11.9 Å². The molecule has 5 heteroatoms. The third-order valence-corrected chi connectivity index (χ3v) is 1.95. The summed E-state index contributed by atoms with van der Waals surface area (Å²) in [5, 5.41) is 14.2. The predicted molar refractivity (Wildman–Crippen MR) is 67.2 cm³/mol. The first-order valence-corrected chi connectivity index (χ1v) is 5.08. The van der Waals surface area contributed by atoms with E-state index in [9.17, 15) is 0 Å². The third-order valence-electron chi connectivity index (χ3n) is 1.95. The van der Waals surface area contributed by atoms with Crippen molar-refractivity contribution in [3.63, 3.8) is 0 Å². The van der Waals surface area contributed by atoms with Crippen molar-refractivity contribution in [1.29, 1.82) is 5.26 Å². The van der Waals surface area contributed by atoms with E-state index in [0.717, 1.165) is 0 Å². The van der Waals surface area contributed by atoms with Gasteiger partial charge in [-0.05, 0) is 19.1 Å². The average molecular weight is 227 g/mol. The van der Waals surface area contributed by atoms with Gasteiger partial charge in [0.25, 0.3) is 0 Å². The minimum Gasteiger partial charge on any atom is -0.327 e. The molecule has 0 radical (unpaired) electrons. The molecule has 0 saturated carbocycles. The Morgan fingerprint density at radius 1 is 1.65 bits per heavy atom. The lowest BCUT2D eigenvalue weighted by molar-refractivity contribution is 0.813. The molecule has 0 fully saturated rings. The molecule has 1 atom stereocenters. The van der Waals surface area contributed by atoms with Crippen LogP contribution >= 0.6 is 0 Å². The van der Waals surface area contributed by atoms with E-state index in [-0.39, 0.29) is 12.6 Å². The fourth-order valence-electron chi connectivity index (χ4n) is 1.15. The molecule has 86 valence electrons. The summed E-state index contributed by atoms with van der Waals surface area (Å²) in [4.78, 5) is 8.29. The molecule has 5 nitrogen and oxygen atoms in total. The highest BCUT2D eigenvalue weighted by Gasteiger charge is 2.09. The van der Waals surface area contributed by atoms with Crippen LogP contribution in [0.1, 0.15) is 6.92 Å². The number of pyridine rings is 1. The maximum absolute atomic E-state index is 8.58. The van der Waals surface area contributed by atoms with E-state index in [4.69, 9.17) is 11.7 Å². The normalized spacial score (nSPS) is 12.1. The molecule has 0 saturated heterocycles. The summed E-state index contributed by atoms with van der Waals surface area (Å²) in [5.74, 6) is 3.67. The van der Waals surface area contributed by atoms with Crippen LogP contribution in [0, 0.1) is 23.8 Å². The molecule has 0 aromatic carbocycles. The molecule has 0 bridgehead atoms. The molecule has 0 amide bonds. The quantitative estimate of drug-likeness (QED) is 0.264. The second-order valence-electron chi connectivity index (χ2n) is 3.22. The Morgan fingerprint density at radius 2 is 2.47 bits per heavy atom. The summed E-state index contributed by atoms with van der Waals surface area (Å²) in [6.45, 7) is 2.07. The topological polar surface area (TPSA) is 73.1 Å². The molecule has 1 aromatic rings. The van der Waals surface area contributed by atoms with Gasteiger partial charge in [-0.25, -0.2) is 4.98 Å². The number of anilines is 1.